The molecule has 0 aromatic carbocycles. The fourth-order valence-electron chi connectivity index (χ4n) is 1.12. The Labute approximate surface area is 99.4 Å². The van der Waals surface area contributed by atoms with Crippen LogP contribution in [0.25, 0.3) is 0 Å². The van der Waals surface area contributed by atoms with Gasteiger partial charge in [0.05, 0.1) is 0 Å². The van der Waals surface area contributed by atoms with Crippen molar-refractivity contribution in [3.63, 3.8) is 0 Å². The van der Waals surface area contributed by atoms with Crippen molar-refractivity contribution >= 4 is 21.9 Å². The largest absolute Gasteiger partial charge is 0.474 e. The van der Waals surface area contributed by atoms with Crippen LogP contribution in [0.3, 0.4) is 0 Å². The van der Waals surface area contributed by atoms with Gasteiger partial charge >= 0.3 is 14.3 Å². The Balaban J connectivity index is 4.62. The molecule has 0 fully saturated rings. The number of nitrogens with zero attached hydrogens (tertiary/aromatic N) is 2. The van der Waals surface area contributed by atoms with Gasteiger partial charge in [-0.15, -0.1) is 0 Å². The van der Waals surface area contributed by atoms with E-state index in [1.165, 1.54) is 0 Å². The van der Waals surface area contributed by atoms with E-state index >= 15 is 0 Å². The van der Waals surface area contributed by atoms with E-state index in [1.807, 2.05) is 0 Å². The maximum atomic E-state index is 2.47. The van der Waals surface area contributed by atoms with Crippen LogP contribution in [0.4, 0.5) is 0 Å². The summed E-state index contributed by atoms with van der Waals surface area (Å²) in [5.41, 5.74) is 0. The molecule has 0 saturated heterocycles. The maximum Gasteiger partial charge on any atom is 0.474 e. The Morgan fingerprint density at radius 2 is 1.00 bits per heavy atom. The van der Waals surface area contributed by atoms with Gasteiger partial charge in [0.1, 0.15) is 0 Å². The first kappa shape index (κ1) is 15.5. The normalized spacial score (nSPS) is 14.3. The molecule has 86 valence electrons. The number of quaternary nitrogens is 2. The first-order valence-electron chi connectivity index (χ1n) is 5.44. The second kappa shape index (κ2) is 4.77. The van der Waals surface area contributed by atoms with Gasteiger partial charge < -0.3 is 8.79 Å². The fraction of sp³-hybridized carbons (Fsp3) is 1.00. The van der Waals surface area contributed by atoms with Crippen molar-refractivity contribution in [3.05, 3.63) is 0 Å². The maximum absolute atomic E-state index is 2.47. The molecule has 0 amide bonds. The van der Waals surface area contributed by atoms with Crippen LogP contribution < -0.4 is 0 Å². The van der Waals surface area contributed by atoms with Crippen molar-refractivity contribution in [2.45, 2.75) is 25.9 Å². The van der Waals surface area contributed by atoms with Crippen LogP contribution in [0.15, 0.2) is 0 Å². The summed E-state index contributed by atoms with van der Waals surface area (Å²) in [4.78, 5) is 0. The molecule has 0 heterocycles. The summed E-state index contributed by atoms with van der Waals surface area (Å²) in [7, 11) is 18.1. The summed E-state index contributed by atoms with van der Waals surface area (Å²) in [5.74, 6) is 0. The van der Waals surface area contributed by atoms with E-state index in [9.17, 15) is 0 Å². The second-order valence-electron chi connectivity index (χ2n) is 7.04. The van der Waals surface area contributed by atoms with Crippen molar-refractivity contribution in [1.29, 1.82) is 0 Å². The van der Waals surface area contributed by atoms with E-state index in [4.69, 9.17) is 0 Å². The van der Waals surface area contributed by atoms with E-state index < -0.39 is 0 Å². The molecular weight excluding hydrogens is 201 g/mol. The molecule has 0 bridgehead atoms. The van der Waals surface area contributed by atoms with Crippen molar-refractivity contribution in [2.75, 3.05) is 42.3 Å². The molecule has 5 heteroatoms. The summed E-state index contributed by atoms with van der Waals surface area (Å²) < 4.78 is 1.86. The Morgan fingerprint density at radius 3 is 1.13 bits per heavy atom. The summed E-state index contributed by atoms with van der Waals surface area (Å²) in [6.45, 7) is 6.99. The highest BCUT2D eigenvalue weighted by atomic mass is 31.1. The van der Waals surface area contributed by atoms with Crippen LogP contribution >= 0.6 is 7.68 Å². The van der Waals surface area contributed by atoms with Gasteiger partial charge in [-0.05, 0) is 12.8 Å². The molecule has 0 spiro atoms. The van der Waals surface area contributed by atoms with Crippen LogP contribution in [0.5, 0.6) is 0 Å². The molecule has 2 nitrogen and oxygen atoms in total. The summed E-state index contributed by atoms with van der Waals surface area (Å²) >= 11 is 0. The van der Waals surface area contributed by atoms with Crippen molar-refractivity contribution in [2.24, 2.45) is 0 Å². The topological polar surface area (TPSA) is 0 Å². The Morgan fingerprint density at radius 1 is 0.733 bits per heavy atom. The zero-order chi connectivity index (χ0) is 12.5. The summed E-state index contributed by atoms with van der Waals surface area (Å²) in [6.07, 6.45) is 0. The third-order valence-electron chi connectivity index (χ3n) is 1.72. The molecule has 2 radical (unpaired) electrons. The first-order valence-corrected chi connectivity index (χ1v) is 6.92. The molecule has 0 aliphatic heterocycles. The van der Waals surface area contributed by atoms with E-state index in [1.54, 1.807) is 0 Å². The first-order chi connectivity index (χ1) is 6.31. The van der Waals surface area contributed by atoms with Gasteiger partial charge in [0, 0.05) is 42.3 Å². The number of hydrogen-bond donors (Lipinski definition) is 0. The summed E-state index contributed by atoms with van der Waals surface area (Å²) in [6, 6.07) is 0. The van der Waals surface area contributed by atoms with Crippen LogP contribution in [-0.4, -0.2) is 70.5 Å². The van der Waals surface area contributed by atoms with Gasteiger partial charge in [-0.2, -0.15) is 0 Å². The lowest BCUT2D eigenvalue weighted by Crippen LogP contribution is -2.46. The van der Waals surface area contributed by atoms with Gasteiger partial charge in [0.25, 0.3) is 0 Å². The SMILES string of the molecule is CC(C)(C)P([B][N+](C)(C)C)[B][N+](C)(C)C. The van der Waals surface area contributed by atoms with E-state index in [0.717, 1.165) is 8.79 Å². The molecule has 0 aliphatic rings. The molecule has 0 unspecified atom stereocenters. The molecule has 0 atom stereocenters. The second-order valence-corrected chi connectivity index (χ2v) is 9.66. The number of rotatable bonds is 4. The van der Waals surface area contributed by atoms with Gasteiger partial charge in [0.2, 0.25) is 0 Å². The summed E-state index contributed by atoms with van der Waals surface area (Å²) in [5, 5.41) is 0.354. The predicted molar refractivity (Wildman–Crippen MR) is 74.2 cm³/mol. The van der Waals surface area contributed by atoms with Crippen LogP contribution in [0.1, 0.15) is 20.8 Å². The Bertz CT molecular complexity index is 185. The van der Waals surface area contributed by atoms with Gasteiger partial charge in [-0.1, -0.05) is 20.8 Å². The molecule has 0 rings (SSSR count). The molecule has 0 aromatic heterocycles. The average molecular weight is 228 g/mol. The Kier molecular flexibility index (Phi) is 4.93. The zero-order valence-corrected chi connectivity index (χ0v) is 12.9. The Hall–Kier alpha value is 0.480. The molecule has 0 aliphatic carbocycles. The molecule has 0 N–H and O–H groups in total. The predicted octanol–water partition coefficient (Wildman–Crippen LogP) is 1.75. The zero-order valence-electron chi connectivity index (χ0n) is 12.0. The highest BCUT2D eigenvalue weighted by Crippen LogP contribution is 2.48. The van der Waals surface area contributed by atoms with Crippen molar-refractivity contribution < 1.29 is 8.79 Å². The molecular formula is C10H27B2N2P+2. The minimum absolute atomic E-state index is 0.183. The standard InChI is InChI=1S/C10H27B2N2P/c1-10(2,3)15(11-13(4,5)6)12-14(7,8)9/h1-9H3/q+2. The van der Waals surface area contributed by atoms with Crippen LogP contribution in [0, 0.1) is 0 Å². The fourth-order valence-corrected chi connectivity index (χ4v) is 3.37. The van der Waals surface area contributed by atoms with Crippen LogP contribution in [-0.2, 0) is 0 Å². The third kappa shape index (κ3) is 8.30. The van der Waals surface area contributed by atoms with Gasteiger partial charge in [-0.3, -0.25) is 0 Å². The van der Waals surface area contributed by atoms with E-state index in [2.05, 4.69) is 77.3 Å². The lowest BCUT2D eigenvalue weighted by atomic mass is 10.2. The quantitative estimate of drug-likeness (QED) is 0.507. The van der Waals surface area contributed by atoms with Gasteiger partial charge in [0.15, 0.2) is 0 Å². The highest BCUT2D eigenvalue weighted by Gasteiger charge is 2.40. The average Bonchev–Trinajstić information content (AvgIpc) is 1.75. The third-order valence-corrected chi connectivity index (χ3v) is 5.15. The minimum Gasteiger partial charge on any atom is -0.398 e. The van der Waals surface area contributed by atoms with Crippen molar-refractivity contribution in [3.8, 4) is 0 Å². The lowest BCUT2D eigenvalue weighted by Gasteiger charge is -2.36. The van der Waals surface area contributed by atoms with Crippen LogP contribution in [0.2, 0.25) is 0 Å². The van der Waals surface area contributed by atoms with Crippen molar-refractivity contribution in [1.82, 2.24) is 0 Å². The molecule has 0 saturated carbocycles. The van der Waals surface area contributed by atoms with Gasteiger partial charge in [-0.25, -0.2) is 0 Å². The highest BCUT2D eigenvalue weighted by molar-refractivity contribution is 8.06. The smallest absolute Gasteiger partial charge is 0.398 e. The van der Waals surface area contributed by atoms with E-state index in [0.29, 0.717) is 5.16 Å². The minimum atomic E-state index is -0.183. The monoisotopic (exact) mass is 228 g/mol. The molecule has 0 aromatic rings. The molecule has 15 heavy (non-hydrogen) atoms. The lowest BCUT2D eigenvalue weighted by molar-refractivity contribution is -0.755. The number of hydrogen-bond acceptors (Lipinski definition) is 0. The van der Waals surface area contributed by atoms with E-state index in [-0.39, 0.29) is 7.68 Å².